The normalized spacial score (nSPS) is 11.2. The fraction of sp³-hybridized carbons (Fsp3) is 0.231. The lowest BCUT2D eigenvalue weighted by atomic mass is 10.2. The van der Waals surface area contributed by atoms with Gasteiger partial charge in [-0.15, -0.1) is 11.3 Å². The summed E-state index contributed by atoms with van der Waals surface area (Å²) in [5, 5.41) is 0.832. The predicted octanol–water partition coefficient (Wildman–Crippen LogP) is 2.84. The Labute approximate surface area is 109 Å². The predicted molar refractivity (Wildman–Crippen MR) is 75.6 cm³/mol. The van der Waals surface area contributed by atoms with E-state index in [0.717, 1.165) is 33.8 Å². The van der Waals surface area contributed by atoms with Gasteiger partial charge in [0.05, 0.1) is 22.3 Å². The Kier molecular flexibility index (Phi) is 2.56. The largest absolute Gasteiger partial charge is 0.390 e. The van der Waals surface area contributed by atoms with Crippen molar-refractivity contribution in [1.82, 2.24) is 14.5 Å². The standard InChI is InChI=1S/C13H14N4S/c1-3-8-6-9(12(14)18-8)13-16-10-7-15-5-4-11(10)17(13)2/h4-7H,3,14H2,1-2H3. The molecule has 0 fully saturated rings. The van der Waals surface area contributed by atoms with Gasteiger partial charge in [-0.3, -0.25) is 4.98 Å². The van der Waals surface area contributed by atoms with Gasteiger partial charge in [0.1, 0.15) is 11.3 Å². The van der Waals surface area contributed by atoms with Crippen molar-refractivity contribution in [3.8, 4) is 11.4 Å². The quantitative estimate of drug-likeness (QED) is 0.769. The second-order valence-electron chi connectivity index (χ2n) is 4.20. The number of nitrogens with zero attached hydrogens (tertiary/aromatic N) is 3. The van der Waals surface area contributed by atoms with Gasteiger partial charge >= 0.3 is 0 Å². The Hall–Kier alpha value is -1.88. The number of rotatable bonds is 2. The van der Waals surface area contributed by atoms with E-state index in [2.05, 4.69) is 27.5 Å². The van der Waals surface area contributed by atoms with Crippen LogP contribution in [0.25, 0.3) is 22.4 Å². The Morgan fingerprint density at radius 2 is 2.28 bits per heavy atom. The van der Waals surface area contributed by atoms with E-state index in [0.29, 0.717) is 0 Å². The molecular formula is C13H14N4S. The third kappa shape index (κ3) is 1.59. The van der Waals surface area contributed by atoms with E-state index in [1.807, 2.05) is 13.1 Å². The van der Waals surface area contributed by atoms with Crippen LogP contribution in [-0.2, 0) is 13.5 Å². The first-order chi connectivity index (χ1) is 8.70. The van der Waals surface area contributed by atoms with Crippen LogP contribution < -0.4 is 5.73 Å². The van der Waals surface area contributed by atoms with Crippen molar-refractivity contribution in [3.05, 3.63) is 29.4 Å². The molecule has 0 amide bonds. The van der Waals surface area contributed by atoms with E-state index in [9.17, 15) is 0 Å². The molecule has 0 aliphatic rings. The van der Waals surface area contributed by atoms with Crippen molar-refractivity contribution in [2.45, 2.75) is 13.3 Å². The number of hydrogen-bond acceptors (Lipinski definition) is 4. The highest BCUT2D eigenvalue weighted by Gasteiger charge is 2.14. The molecular weight excluding hydrogens is 244 g/mol. The van der Waals surface area contributed by atoms with E-state index < -0.39 is 0 Å². The second-order valence-corrected chi connectivity index (χ2v) is 5.37. The minimum atomic E-state index is 0.832. The second kappa shape index (κ2) is 4.10. The van der Waals surface area contributed by atoms with Crippen LogP contribution in [0.2, 0.25) is 0 Å². The molecule has 3 aromatic heterocycles. The highest BCUT2D eigenvalue weighted by Crippen LogP contribution is 2.34. The number of anilines is 1. The summed E-state index contributed by atoms with van der Waals surface area (Å²) in [6.07, 6.45) is 4.56. The van der Waals surface area contributed by atoms with E-state index in [-0.39, 0.29) is 0 Å². The minimum absolute atomic E-state index is 0.832. The molecule has 18 heavy (non-hydrogen) atoms. The summed E-state index contributed by atoms with van der Waals surface area (Å²) in [6.45, 7) is 2.13. The summed E-state index contributed by atoms with van der Waals surface area (Å²) in [7, 11) is 2.01. The molecule has 0 aliphatic carbocycles. The third-order valence-electron chi connectivity index (χ3n) is 3.08. The molecule has 2 N–H and O–H groups in total. The highest BCUT2D eigenvalue weighted by atomic mass is 32.1. The average molecular weight is 258 g/mol. The zero-order valence-corrected chi connectivity index (χ0v) is 11.2. The van der Waals surface area contributed by atoms with Gasteiger partial charge in [-0.1, -0.05) is 6.92 Å². The van der Waals surface area contributed by atoms with Gasteiger partial charge in [-0.2, -0.15) is 0 Å². The van der Waals surface area contributed by atoms with Gasteiger partial charge < -0.3 is 10.3 Å². The van der Waals surface area contributed by atoms with E-state index in [1.165, 1.54) is 4.88 Å². The summed E-state index contributed by atoms with van der Waals surface area (Å²) >= 11 is 1.64. The lowest BCUT2D eigenvalue weighted by Crippen LogP contribution is -1.93. The van der Waals surface area contributed by atoms with Crippen molar-refractivity contribution in [1.29, 1.82) is 0 Å². The van der Waals surface area contributed by atoms with E-state index >= 15 is 0 Å². The number of aryl methyl sites for hydroxylation is 2. The first-order valence-corrected chi connectivity index (χ1v) is 6.67. The summed E-state index contributed by atoms with van der Waals surface area (Å²) in [6, 6.07) is 4.10. The molecule has 0 atom stereocenters. The number of pyridine rings is 1. The van der Waals surface area contributed by atoms with Crippen molar-refractivity contribution in [2.75, 3.05) is 5.73 Å². The van der Waals surface area contributed by atoms with Gasteiger partial charge in [-0.05, 0) is 18.6 Å². The Balaban J connectivity index is 2.24. The maximum Gasteiger partial charge on any atom is 0.143 e. The van der Waals surface area contributed by atoms with Crippen molar-refractivity contribution in [2.24, 2.45) is 7.05 Å². The van der Waals surface area contributed by atoms with Gasteiger partial charge in [0.15, 0.2) is 0 Å². The Morgan fingerprint density at radius 3 is 2.94 bits per heavy atom. The van der Waals surface area contributed by atoms with Crippen LogP contribution in [0, 0.1) is 0 Å². The molecule has 0 spiro atoms. The number of aromatic nitrogens is 3. The molecule has 0 radical (unpaired) electrons. The van der Waals surface area contributed by atoms with Gasteiger partial charge in [0.25, 0.3) is 0 Å². The first kappa shape index (κ1) is 11.2. The fourth-order valence-corrected chi connectivity index (χ4v) is 2.96. The zero-order chi connectivity index (χ0) is 12.7. The Morgan fingerprint density at radius 1 is 1.44 bits per heavy atom. The highest BCUT2D eigenvalue weighted by molar-refractivity contribution is 7.16. The number of hydrogen-bond donors (Lipinski definition) is 1. The zero-order valence-electron chi connectivity index (χ0n) is 10.3. The van der Waals surface area contributed by atoms with Crippen molar-refractivity contribution >= 4 is 27.4 Å². The SMILES string of the molecule is CCc1cc(-c2nc3cnccc3n2C)c(N)s1. The lowest BCUT2D eigenvalue weighted by molar-refractivity contribution is 0.960. The minimum Gasteiger partial charge on any atom is -0.390 e. The molecule has 0 saturated heterocycles. The molecule has 3 heterocycles. The van der Waals surface area contributed by atoms with Crippen molar-refractivity contribution in [3.63, 3.8) is 0 Å². The summed E-state index contributed by atoms with van der Waals surface area (Å²) in [5.41, 5.74) is 9.09. The maximum atomic E-state index is 6.09. The first-order valence-electron chi connectivity index (χ1n) is 5.85. The fourth-order valence-electron chi connectivity index (χ4n) is 2.10. The molecule has 0 bridgehead atoms. The molecule has 4 nitrogen and oxygen atoms in total. The van der Waals surface area contributed by atoms with Crippen molar-refractivity contribution < 1.29 is 0 Å². The number of nitrogens with two attached hydrogens (primary N) is 1. The number of imidazole rings is 1. The monoisotopic (exact) mass is 258 g/mol. The molecule has 3 rings (SSSR count). The lowest BCUT2D eigenvalue weighted by Gasteiger charge is -2.00. The molecule has 0 aliphatic heterocycles. The van der Waals surface area contributed by atoms with Gasteiger partial charge in [0, 0.05) is 18.1 Å². The van der Waals surface area contributed by atoms with Crippen LogP contribution in [-0.4, -0.2) is 14.5 Å². The van der Waals surface area contributed by atoms with Gasteiger partial charge in [-0.25, -0.2) is 4.98 Å². The van der Waals surface area contributed by atoms with Crippen LogP contribution in [0.15, 0.2) is 24.5 Å². The molecule has 0 aromatic carbocycles. The smallest absolute Gasteiger partial charge is 0.143 e. The van der Waals surface area contributed by atoms with Crippen LogP contribution >= 0.6 is 11.3 Å². The molecule has 5 heteroatoms. The summed E-state index contributed by atoms with van der Waals surface area (Å²) in [4.78, 5) is 10.0. The molecule has 0 unspecified atom stereocenters. The maximum absolute atomic E-state index is 6.09. The van der Waals surface area contributed by atoms with E-state index in [4.69, 9.17) is 5.73 Å². The van der Waals surface area contributed by atoms with Gasteiger partial charge in [0.2, 0.25) is 0 Å². The number of nitrogen functional groups attached to an aromatic ring is 1. The van der Waals surface area contributed by atoms with Crippen LogP contribution in [0.1, 0.15) is 11.8 Å². The topological polar surface area (TPSA) is 56.7 Å². The summed E-state index contributed by atoms with van der Waals surface area (Å²) < 4.78 is 2.06. The van der Waals surface area contributed by atoms with E-state index in [1.54, 1.807) is 23.7 Å². The van der Waals surface area contributed by atoms with Crippen LogP contribution in [0.5, 0.6) is 0 Å². The third-order valence-corrected chi connectivity index (χ3v) is 4.19. The number of thiophene rings is 1. The summed E-state index contributed by atoms with van der Waals surface area (Å²) in [5.74, 6) is 0.909. The molecule has 92 valence electrons. The molecule has 0 saturated carbocycles. The Bertz CT molecular complexity index is 711. The molecule has 3 aromatic rings. The van der Waals surface area contributed by atoms with Crippen LogP contribution in [0.3, 0.4) is 0 Å². The average Bonchev–Trinajstić information content (AvgIpc) is 2.91. The van der Waals surface area contributed by atoms with Crippen LogP contribution in [0.4, 0.5) is 5.00 Å². The number of fused-ring (bicyclic) bond motifs is 1.